The minimum atomic E-state index is -0.523. The van der Waals surface area contributed by atoms with Gasteiger partial charge in [-0.25, -0.2) is 0 Å². The largest absolute Gasteiger partial charge is 0.462 e. The maximum atomic E-state index is 12.5. The van der Waals surface area contributed by atoms with E-state index in [1.54, 1.807) is 0 Å². The Balaban J connectivity index is 4.17. The van der Waals surface area contributed by atoms with E-state index in [9.17, 15) is 9.59 Å². The SMILES string of the molecule is CCCC/C=C\CCCCCCCCOCC(COC(=O)CCCCCCCCC)OC(=O)CCCCCCCCC. The Kier molecular flexibility index (Phi) is 33.0. The van der Waals surface area contributed by atoms with Crippen molar-refractivity contribution in [1.29, 1.82) is 0 Å². The van der Waals surface area contributed by atoms with E-state index in [-0.39, 0.29) is 25.2 Å². The van der Waals surface area contributed by atoms with Crippen molar-refractivity contribution < 1.29 is 23.8 Å². The maximum Gasteiger partial charge on any atom is 0.306 e. The number of unbranched alkanes of at least 4 members (excludes halogenated alkanes) is 20. The molecule has 0 saturated heterocycles. The van der Waals surface area contributed by atoms with Crippen LogP contribution in [0.1, 0.15) is 188 Å². The van der Waals surface area contributed by atoms with Gasteiger partial charge in [0.05, 0.1) is 6.61 Å². The number of hydrogen-bond donors (Lipinski definition) is 0. The highest BCUT2D eigenvalue weighted by Crippen LogP contribution is 2.12. The third-order valence-electron chi connectivity index (χ3n) is 7.80. The minimum absolute atomic E-state index is 0.0883. The number of hydrogen-bond acceptors (Lipinski definition) is 5. The highest BCUT2D eigenvalue weighted by Gasteiger charge is 2.17. The number of rotatable bonds is 33. The number of carbonyl (C=O) groups is 2. The van der Waals surface area contributed by atoms with Gasteiger partial charge in [0, 0.05) is 19.4 Å². The Morgan fingerprint density at radius 1 is 0.500 bits per heavy atom. The summed E-state index contributed by atoms with van der Waals surface area (Å²) in [4.78, 5) is 24.8. The van der Waals surface area contributed by atoms with Crippen LogP contribution in [0.5, 0.6) is 0 Å². The molecule has 0 amide bonds. The molecular weight excluding hydrogens is 524 g/mol. The van der Waals surface area contributed by atoms with Gasteiger partial charge < -0.3 is 14.2 Å². The van der Waals surface area contributed by atoms with Crippen LogP contribution in [0.3, 0.4) is 0 Å². The summed E-state index contributed by atoms with van der Waals surface area (Å²) < 4.78 is 17.1. The van der Waals surface area contributed by atoms with Crippen molar-refractivity contribution in [1.82, 2.24) is 0 Å². The van der Waals surface area contributed by atoms with Crippen LogP contribution in [-0.4, -0.2) is 37.9 Å². The number of carbonyl (C=O) groups excluding carboxylic acids is 2. The van der Waals surface area contributed by atoms with Gasteiger partial charge in [0.1, 0.15) is 6.61 Å². The summed E-state index contributed by atoms with van der Waals surface area (Å²) in [6.07, 6.45) is 33.5. The topological polar surface area (TPSA) is 61.8 Å². The van der Waals surface area contributed by atoms with Crippen molar-refractivity contribution in [3.63, 3.8) is 0 Å². The number of allylic oxidation sites excluding steroid dienone is 2. The second-order valence-electron chi connectivity index (χ2n) is 12.1. The summed E-state index contributed by atoms with van der Waals surface area (Å²) >= 11 is 0. The second-order valence-corrected chi connectivity index (χ2v) is 12.1. The normalized spacial score (nSPS) is 12.2. The molecule has 0 spiro atoms. The lowest BCUT2D eigenvalue weighted by Crippen LogP contribution is -2.30. The number of ether oxygens (including phenoxy) is 3. The molecule has 0 fully saturated rings. The highest BCUT2D eigenvalue weighted by atomic mass is 16.6. The lowest BCUT2D eigenvalue weighted by Gasteiger charge is -2.18. The van der Waals surface area contributed by atoms with E-state index in [4.69, 9.17) is 14.2 Å². The summed E-state index contributed by atoms with van der Waals surface area (Å²) in [6, 6.07) is 0. The summed E-state index contributed by atoms with van der Waals surface area (Å²) in [7, 11) is 0. The third kappa shape index (κ3) is 31.6. The minimum Gasteiger partial charge on any atom is -0.462 e. The lowest BCUT2D eigenvalue weighted by atomic mass is 10.1. The van der Waals surface area contributed by atoms with Crippen LogP contribution in [-0.2, 0) is 23.8 Å². The highest BCUT2D eigenvalue weighted by molar-refractivity contribution is 5.70. The van der Waals surface area contributed by atoms with Crippen LogP contribution in [0, 0.1) is 0 Å². The van der Waals surface area contributed by atoms with Gasteiger partial charge in [-0.3, -0.25) is 9.59 Å². The first-order valence-corrected chi connectivity index (χ1v) is 18.2. The summed E-state index contributed by atoms with van der Waals surface area (Å²) in [5, 5.41) is 0. The third-order valence-corrected chi connectivity index (χ3v) is 7.80. The van der Waals surface area contributed by atoms with Crippen molar-refractivity contribution in [2.24, 2.45) is 0 Å². The zero-order chi connectivity index (χ0) is 30.8. The van der Waals surface area contributed by atoms with Crippen molar-refractivity contribution >= 4 is 11.9 Å². The molecule has 0 aromatic carbocycles. The molecule has 0 aliphatic carbocycles. The molecular formula is C37H70O5. The van der Waals surface area contributed by atoms with Crippen LogP contribution in [0.2, 0.25) is 0 Å². The van der Waals surface area contributed by atoms with E-state index in [0.29, 0.717) is 19.4 Å². The van der Waals surface area contributed by atoms with Gasteiger partial charge in [-0.2, -0.15) is 0 Å². The molecule has 42 heavy (non-hydrogen) atoms. The first kappa shape index (κ1) is 40.6. The molecule has 0 saturated carbocycles. The zero-order valence-electron chi connectivity index (χ0n) is 28.3. The second kappa shape index (κ2) is 34.1. The Labute approximate surface area is 261 Å². The number of esters is 2. The summed E-state index contributed by atoms with van der Waals surface area (Å²) in [5.74, 6) is -0.409. The Hall–Kier alpha value is -1.36. The molecule has 0 aliphatic rings. The van der Waals surface area contributed by atoms with Crippen molar-refractivity contribution in [2.75, 3.05) is 19.8 Å². The molecule has 1 unspecified atom stereocenters. The van der Waals surface area contributed by atoms with Crippen LogP contribution in [0.25, 0.3) is 0 Å². The van der Waals surface area contributed by atoms with E-state index in [0.717, 1.165) is 38.5 Å². The molecule has 0 aromatic heterocycles. The maximum absolute atomic E-state index is 12.5. The molecule has 0 heterocycles. The van der Waals surface area contributed by atoms with Gasteiger partial charge >= 0.3 is 11.9 Å². The predicted molar refractivity (Wildman–Crippen MR) is 178 cm³/mol. The fourth-order valence-corrected chi connectivity index (χ4v) is 5.02. The van der Waals surface area contributed by atoms with Crippen LogP contribution >= 0.6 is 0 Å². The fourth-order valence-electron chi connectivity index (χ4n) is 5.02. The van der Waals surface area contributed by atoms with Crippen molar-refractivity contribution in [2.45, 2.75) is 194 Å². The molecule has 0 N–H and O–H groups in total. The average Bonchev–Trinajstić information content (AvgIpc) is 2.99. The molecule has 0 rings (SSSR count). The Morgan fingerprint density at radius 3 is 1.52 bits per heavy atom. The molecule has 0 aliphatic heterocycles. The molecule has 5 nitrogen and oxygen atoms in total. The van der Waals surface area contributed by atoms with Gasteiger partial charge in [0.15, 0.2) is 6.10 Å². The van der Waals surface area contributed by atoms with Crippen LogP contribution in [0.4, 0.5) is 0 Å². The van der Waals surface area contributed by atoms with E-state index in [1.807, 2.05) is 0 Å². The van der Waals surface area contributed by atoms with E-state index < -0.39 is 6.10 Å². The first-order valence-electron chi connectivity index (χ1n) is 18.2. The van der Waals surface area contributed by atoms with Gasteiger partial charge in [0.25, 0.3) is 0 Å². The lowest BCUT2D eigenvalue weighted by molar-refractivity contribution is -0.163. The van der Waals surface area contributed by atoms with Gasteiger partial charge in [-0.1, -0.05) is 148 Å². The standard InChI is InChI=1S/C37H70O5/c1-4-7-10-13-16-17-18-19-20-23-26-29-32-40-33-35(42-37(39)31-28-25-22-15-12-9-6-3)34-41-36(38)30-27-24-21-14-11-8-5-2/h13,16,35H,4-12,14-15,17-34H2,1-3H3/b16-13-. The molecule has 1 atom stereocenters. The van der Waals surface area contributed by atoms with Gasteiger partial charge in [-0.05, 0) is 38.5 Å². The monoisotopic (exact) mass is 595 g/mol. The molecule has 0 bridgehead atoms. The van der Waals surface area contributed by atoms with Gasteiger partial charge in [0.2, 0.25) is 0 Å². The van der Waals surface area contributed by atoms with E-state index in [2.05, 4.69) is 32.9 Å². The van der Waals surface area contributed by atoms with Crippen molar-refractivity contribution in [3.8, 4) is 0 Å². The Morgan fingerprint density at radius 2 is 0.952 bits per heavy atom. The van der Waals surface area contributed by atoms with Crippen LogP contribution in [0.15, 0.2) is 12.2 Å². The van der Waals surface area contributed by atoms with Crippen molar-refractivity contribution in [3.05, 3.63) is 12.2 Å². The molecule has 248 valence electrons. The quantitative estimate of drug-likeness (QED) is 0.0429. The average molecular weight is 595 g/mol. The predicted octanol–water partition coefficient (Wildman–Crippen LogP) is 11.2. The molecule has 5 heteroatoms. The zero-order valence-corrected chi connectivity index (χ0v) is 28.3. The first-order chi connectivity index (χ1) is 20.6. The Bertz CT molecular complexity index is 603. The molecule has 0 aromatic rings. The summed E-state index contributed by atoms with van der Waals surface area (Å²) in [5.41, 5.74) is 0. The van der Waals surface area contributed by atoms with E-state index >= 15 is 0 Å². The fraction of sp³-hybridized carbons (Fsp3) is 0.892. The van der Waals surface area contributed by atoms with E-state index in [1.165, 1.54) is 116 Å². The van der Waals surface area contributed by atoms with Crippen LogP contribution < -0.4 is 0 Å². The summed E-state index contributed by atoms with van der Waals surface area (Å²) in [6.45, 7) is 7.71. The smallest absolute Gasteiger partial charge is 0.306 e. The molecule has 0 radical (unpaired) electrons. The van der Waals surface area contributed by atoms with Gasteiger partial charge in [-0.15, -0.1) is 0 Å².